The zero-order valence-electron chi connectivity index (χ0n) is 28.6. The fourth-order valence-electron chi connectivity index (χ4n) is 11.6. The maximum atomic E-state index is 13.4. The Morgan fingerprint density at radius 2 is 1.53 bits per heavy atom. The zero-order chi connectivity index (χ0) is 32.4. The lowest BCUT2D eigenvalue weighted by Crippen LogP contribution is -2.64. The number of benzene rings is 2. The summed E-state index contributed by atoms with van der Waals surface area (Å²) in [7, 11) is 0. The van der Waals surface area contributed by atoms with Gasteiger partial charge in [0.1, 0.15) is 11.9 Å². The molecule has 0 aromatic heterocycles. The molecule has 6 rings (SSSR count). The van der Waals surface area contributed by atoms with Crippen LogP contribution >= 0.6 is 0 Å². The minimum Gasteiger partial charge on any atom is -0.467 e. The number of hydrogen-bond acceptors (Lipinski definition) is 6. The summed E-state index contributed by atoms with van der Waals surface area (Å²) in [6, 6.07) is 14.6. The van der Waals surface area contributed by atoms with Crippen LogP contribution in [-0.2, 0) is 9.47 Å². The van der Waals surface area contributed by atoms with Crippen LogP contribution in [-0.4, -0.2) is 25.0 Å². The van der Waals surface area contributed by atoms with Crippen molar-refractivity contribution in [1.82, 2.24) is 0 Å². The molecule has 0 bridgehead atoms. The molecule has 2 aromatic rings. The third-order valence-corrected chi connectivity index (χ3v) is 13.2. The number of anilines is 2. The van der Waals surface area contributed by atoms with Gasteiger partial charge in [0.15, 0.2) is 6.79 Å². The van der Waals surface area contributed by atoms with Gasteiger partial charge in [-0.25, -0.2) is 4.79 Å². The van der Waals surface area contributed by atoms with Gasteiger partial charge in [-0.2, -0.15) is 0 Å². The van der Waals surface area contributed by atoms with Crippen LogP contribution in [0.5, 0.6) is 5.75 Å². The highest BCUT2D eigenvalue weighted by Crippen LogP contribution is 2.71. The molecule has 4 aliphatic rings. The Balaban J connectivity index is 1.30. The highest BCUT2D eigenvalue weighted by atomic mass is 16.7. The Kier molecular flexibility index (Phi) is 8.24. The summed E-state index contributed by atoms with van der Waals surface area (Å²) in [5, 5.41) is 0. The third kappa shape index (κ3) is 5.64. The fourth-order valence-corrected chi connectivity index (χ4v) is 11.6. The molecule has 9 atom stereocenters. The van der Waals surface area contributed by atoms with Gasteiger partial charge in [-0.15, -0.1) is 0 Å². The molecule has 2 aromatic carbocycles. The van der Waals surface area contributed by atoms with Crippen molar-refractivity contribution in [1.29, 1.82) is 0 Å². The number of hydrogen-bond donors (Lipinski definition) is 2. The fraction of sp³-hybridized carbons (Fsp3) is 0.667. The number of carbonyl (C=O) groups excluding carboxylic acids is 1. The molecular weight excluding hydrogens is 560 g/mol. The molecule has 4 fully saturated rings. The van der Waals surface area contributed by atoms with Crippen molar-refractivity contribution in [2.45, 2.75) is 106 Å². The molecule has 4 aliphatic carbocycles. The second kappa shape index (κ2) is 11.5. The maximum Gasteiger partial charge on any atom is 0.338 e. The number of esters is 1. The van der Waals surface area contributed by atoms with Crippen LogP contribution in [0.1, 0.15) is 104 Å². The van der Waals surface area contributed by atoms with E-state index < -0.39 is 0 Å². The minimum absolute atomic E-state index is 0.00258. The molecule has 0 radical (unpaired) electrons. The smallest absolute Gasteiger partial charge is 0.338 e. The van der Waals surface area contributed by atoms with E-state index in [-0.39, 0.29) is 41.7 Å². The van der Waals surface area contributed by atoms with Crippen LogP contribution in [0.4, 0.5) is 11.4 Å². The van der Waals surface area contributed by atoms with Crippen molar-refractivity contribution in [3.63, 3.8) is 0 Å². The SMILES string of the molecule is CC(C)(C)C1CCC2C3CC(OCOc4cccc(N)c4)C4C(C)(C)C(OC(=O)c5cccc(N)c5)CCC4(C)C3CCC21C. The van der Waals surface area contributed by atoms with Crippen molar-refractivity contribution >= 4 is 17.3 Å². The van der Waals surface area contributed by atoms with E-state index in [1.807, 2.05) is 30.3 Å². The van der Waals surface area contributed by atoms with E-state index in [0.29, 0.717) is 45.5 Å². The van der Waals surface area contributed by atoms with E-state index in [1.165, 1.54) is 25.7 Å². The number of rotatable bonds is 6. The zero-order valence-corrected chi connectivity index (χ0v) is 28.6. The van der Waals surface area contributed by atoms with Crippen molar-refractivity contribution in [2.24, 2.45) is 51.2 Å². The maximum absolute atomic E-state index is 13.4. The largest absolute Gasteiger partial charge is 0.467 e. The lowest BCUT2D eigenvalue weighted by molar-refractivity contribution is -0.239. The molecule has 6 heteroatoms. The Bertz CT molecular complexity index is 1400. The molecule has 4 saturated carbocycles. The average molecular weight is 617 g/mol. The highest BCUT2D eigenvalue weighted by molar-refractivity contribution is 5.90. The van der Waals surface area contributed by atoms with E-state index in [0.717, 1.165) is 30.9 Å². The van der Waals surface area contributed by atoms with Crippen LogP contribution in [0.3, 0.4) is 0 Å². The van der Waals surface area contributed by atoms with Gasteiger partial charge in [0.2, 0.25) is 0 Å². The van der Waals surface area contributed by atoms with Crippen LogP contribution < -0.4 is 16.2 Å². The summed E-state index contributed by atoms with van der Waals surface area (Å²) in [5.41, 5.74) is 14.2. The van der Waals surface area contributed by atoms with Crippen molar-refractivity contribution in [3.8, 4) is 5.75 Å². The summed E-state index contributed by atoms with van der Waals surface area (Å²) < 4.78 is 19.3. The topological polar surface area (TPSA) is 96.8 Å². The first-order chi connectivity index (χ1) is 21.1. The lowest BCUT2D eigenvalue weighted by atomic mass is 9.40. The normalized spacial score (nSPS) is 37.2. The van der Waals surface area contributed by atoms with Gasteiger partial charge in [-0.3, -0.25) is 0 Å². The average Bonchev–Trinajstić information content (AvgIpc) is 3.32. The predicted octanol–water partition coefficient (Wildman–Crippen LogP) is 8.75. The Morgan fingerprint density at radius 1 is 0.867 bits per heavy atom. The van der Waals surface area contributed by atoms with Crippen LogP contribution in [0.25, 0.3) is 0 Å². The number of nitrogen functional groups attached to an aromatic ring is 2. The van der Waals surface area contributed by atoms with Gasteiger partial charge in [0.25, 0.3) is 0 Å². The monoisotopic (exact) mass is 616 g/mol. The van der Waals surface area contributed by atoms with E-state index in [9.17, 15) is 4.79 Å². The van der Waals surface area contributed by atoms with Crippen molar-refractivity contribution < 1.29 is 19.0 Å². The quantitative estimate of drug-likeness (QED) is 0.191. The Hall–Kier alpha value is -2.73. The van der Waals surface area contributed by atoms with Crippen molar-refractivity contribution in [2.75, 3.05) is 18.3 Å². The van der Waals surface area contributed by atoms with Gasteiger partial charge in [-0.1, -0.05) is 60.6 Å². The van der Waals surface area contributed by atoms with E-state index >= 15 is 0 Å². The van der Waals surface area contributed by atoms with Crippen LogP contribution in [0, 0.1) is 51.2 Å². The first-order valence-electron chi connectivity index (χ1n) is 17.3. The van der Waals surface area contributed by atoms with Crippen LogP contribution in [0.2, 0.25) is 0 Å². The van der Waals surface area contributed by atoms with Gasteiger partial charge in [0, 0.05) is 22.9 Å². The van der Waals surface area contributed by atoms with Crippen LogP contribution in [0.15, 0.2) is 48.5 Å². The second-order valence-electron chi connectivity index (χ2n) is 17.1. The highest BCUT2D eigenvalue weighted by Gasteiger charge is 2.67. The van der Waals surface area contributed by atoms with E-state index in [2.05, 4.69) is 48.5 Å². The molecule has 6 nitrogen and oxygen atoms in total. The summed E-state index contributed by atoms with van der Waals surface area (Å²) in [6.07, 6.45) is 7.92. The second-order valence-corrected chi connectivity index (χ2v) is 17.1. The summed E-state index contributed by atoms with van der Waals surface area (Å²) in [6.45, 7) is 17.3. The van der Waals surface area contributed by atoms with Gasteiger partial charge in [-0.05, 0) is 121 Å². The molecule has 4 N–H and O–H groups in total. The molecule has 45 heavy (non-hydrogen) atoms. The molecule has 0 amide bonds. The first-order valence-corrected chi connectivity index (χ1v) is 17.3. The van der Waals surface area contributed by atoms with E-state index in [4.69, 9.17) is 25.7 Å². The Labute approximate surface area is 271 Å². The molecule has 246 valence electrons. The summed E-state index contributed by atoms with van der Waals surface area (Å²) in [5.74, 6) is 3.35. The van der Waals surface area contributed by atoms with Gasteiger partial charge >= 0.3 is 5.97 Å². The summed E-state index contributed by atoms with van der Waals surface area (Å²) in [4.78, 5) is 13.4. The van der Waals surface area contributed by atoms with Crippen molar-refractivity contribution in [3.05, 3.63) is 54.1 Å². The predicted molar refractivity (Wildman–Crippen MR) is 180 cm³/mol. The van der Waals surface area contributed by atoms with E-state index in [1.54, 1.807) is 18.2 Å². The molecular formula is C39H56N2O4. The number of ether oxygens (including phenoxy) is 3. The number of fused-ring (bicyclic) bond motifs is 5. The van der Waals surface area contributed by atoms with Gasteiger partial charge < -0.3 is 25.7 Å². The number of carbonyl (C=O) groups is 1. The molecule has 0 saturated heterocycles. The minimum atomic E-state index is -0.298. The molecule has 9 unspecified atom stereocenters. The summed E-state index contributed by atoms with van der Waals surface area (Å²) >= 11 is 0. The lowest BCUT2D eigenvalue weighted by Gasteiger charge is -2.66. The third-order valence-electron chi connectivity index (χ3n) is 13.2. The molecule has 0 aliphatic heterocycles. The molecule has 0 heterocycles. The molecule has 0 spiro atoms. The standard InChI is InChI=1S/C39H56N2O4/c1-36(2,3)32-15-14-29-28-22-31(44-23-43-27-13-9-12-26(41)21-27)34-37(4,5)33(45-35(42)24-10-8-11-25(40)20-24)17-19-39(34,7)30(28)16-18-38(29,32)6/h8-13,20-21,28-34H,14-19,22-23,40-41H2,1-7H3. The Morgan fingerprint density at radius 3 is 2.22 bits per heavy atom. The first kappa shape index (κ1) is 32.2. The number of nitrogens with two attached hydrogens (primary N) is 2. The van der Waals surface area contributed by atoms with Gasteiger partial charge in [0.05, 0.1) is 11.7 Å².